The van der Waals surface area contributed by atoms with Crippen LogP contribution < -0.4 is 4.72 Å². The number of sulfonamides is 1. The SMILES string of the molecule is CC(C)N(CCC(=O)O)C(=O)c1ccc(S(=O)(=O)NCc2ccco2)cc1. The number of nitrogens with zero attached hydrogens (tertiary/aromatic N) is 1. The number of aliphatic carboxylic acids is 1. The van der Waals surface area contributed by atoms with E-state index in [1.54, 1.807) is 26.0 Å². The molecule has 2 rings (SSSR count). The predicted octanol–water partition coefficient (Wildman–Crippen LogP) is 2.08. The van der Waals surface area contributed by atoms with Crippen LogP contribution >= 0.6 is 0 Å². The van der Waals surface area contributed by atoms with Gasteiger partial charge in [-0.05, 0) is 50.2 Å². The van der Waals surface area contributed by atoms with Crippen LogP contribution in [0.1, 0.15) is 36.4 Å². The number of amides is 1. The van der Waals surface area contributed by atoms with Crippen LogP contribution in [0.2, 0.25) is 0 Å². The summed E-state index contributed by atoms with van der Waals surface area (Å²) in [5.74, 6) is -0.854. The van der Waals surface area contributed by atoms with E-state index in [0.29, 0.717) is 11.3 Å². The molecule has 9 heteroatoms. The number of carboxylic acids is 1. The summed E-state index contributed by atoms with van der Waals surface area (Å²) in [4.78, 5) is 24.8. The summed E-state index contributed by atoms with van der Waals surface area (Å²) in [6.07, 6.45) is 1.29. The van der Waals surface area contributed by atoms with Crippen molar-refractivity contribution in [2.75, 3.05) is 6.54 Å². The molecule has 0 atom stereocenters. The van der Waals surface area contributed by atoms with Gasteiger partial charge in [0.2, 0.25) is 10.0 Å². The zero-order chi connectivity index (χ0) is 20.0. The van der Waals surface area contributed by atoms with Crippen LogP contribution in [-0.2, 0) is 21.4 Å². The molecule has 0 bridgehead atoms. The van der Waals surface area contributed by atoms with Gasteiger partial charge in [0.05, 0.1) is 24.1 Å². The molecule has 1 aromatic carbocycles. The van der Waals surface area contributed by atoms with Gasteiger partial charge in [-0.2, -0.15) is 0 Å². The number of rotatable bonds is 9. The highest BCUT2D eigenvalue weighted by Crippen LogP contribution is 2.15. The van der Waals surface area contributed by atoms with E-state index in [0.717, 1.165) is 0 Å². The lowest BCUT2D eigenvalue weighted by molar-refractivity contribution is -0.137. The molecule has 1 amide bonds. The number of carboxylic acid groups (broad SMARTS) is 1. The summed E-state index contributed by atoms with van der Waals surface area (Å²) in [6.45, 7) is 3.68. The fraction of sp³-hybridized carbons (Fsp3) is 0.333. The van der Waals surface area contributed by atoms with Crippen LogP contribution in [0.25, 0.3) is 0 Å². The van der Waals surface area contributed by atoms with Gasteiger partial charge in [0.25, 0.3) is 5.91 Å². The lowest BCUT2D eigenvalue weighted by atomic mass is 10.1. The fourth-order valence-corrected chi connectivity index (χ4v) is 3.41. The van der Waals surface area contributed by atoms with E-state index in [1.165, 1.54) is 35.4 Å². The monoisotopic (exact) mass is 394 g/mol. The van der Waals surface area contributed by atoms with Crippen molar-refractivity contribution in [1.29, 1.82) is 0 Å². The van der Waals surface area contributed by atoms with E-state index in [9.17, 15) is 18.0 Å². The average Bonchev–Trinajstić information content (AvgIpc) is 3.13. The molecule has 8 nitrogen and oxygen atoms in total. The third kappa shape index (κ3) is 5.66. The second-order valence-corrected chi connectivity index (χ2v) is 7.93. The number of benzene rings is 1. The molecular formula is C18H22N2O6S. The summed E-state index contributed by atoms with van der Waals surface area (Å²) < 4.78 is 32.1. The Morgan fingerprint density at radius 3 is 2.37 bits per heavy atom. The van der Waals surface area contributed by atoms with Crippen LogP contribution in [0.5, 0.6) is 0 Å². The van der Waals surface area contributed by atoms with E-state index in [-0.39, 0.29) is 36.4 Å². The van der Waals surface area contributed by atoms with Crippen LogP contribution in [0.3, 0.4) is 0 Å². The molecule has 0 radical (unpaired) electrons. The molecule has 0 saturated carbocycles. The van der Waals surface area contributed by atoms with Crippen LogP contribution in [0.4, 0.5) is 0 Å². The fourth-order valence-electron chi connectivity index (χ4n) is 2.42. The Morgan fingerprint density at radius 2 is 1.85 bits per heavy atom. The second kappa shape index (κ2) is 8.83. The molecule has 1 aromatic heterocycles. The zero-order valence-electron chi connectivity index (χ0n) is 15.1. The predicted molar refractivity (Wildman–Crippen MR) is 97.6 cm³/mol. The highest BCUT2D eigenvalue weighted by Gasteiger charge is 2.21. The van der Waals surface area contributed by atoms with Gasteiger partial charge in [-0.3, -0.25) is 9.59 Å². The molecule has 0 spiro atoms. The van der Waals surface area contributed by atoms with Gasteiger partial charge in [-0.25, -0.2) is 13.1 Å². The Hall–Kier alpha value is -2.65. The molecule has 2 aromatic rings. The lowest BCUT2D eigenvalue weighted by Crippen LogP contribution is -2.38. The number of carbonyl (C=O) groups excluding carboxylic acids is 1. The standard InChI is InChI=1S/C18H22N2O6S/c1-13(2)20(10-9-17(21)22)18(23)14-5-7-16(8-6-14)27(24,25)19-12-15-4-3-11-26-15/h3-8,11,13,19H,9-10,12H2,1-2H3,(H,21,22). The summed E-state index contributed by atoms with van der Waals surface area (Å²) in [7, 11) is -3.75. The van der Waals surface area contributed by atoms with Crippen molar-refractivity contribution in [2.24, 2.45) is 0 Å². The van der Waals surface area contributed by atoms with Crippen molar-refractivity contribution in [3.05, 3.63) is 54.0 Å². The van der Waals surface area contributed by atoms with E-state index in [1.807, 2.05) is 0 Å². The molecule has 0 saturated heterocycles. The maximum Gasteiger partial charge on any atom is 0.305 e. The molecule has 0 fully saturated rings. The minimum Gasteiger partial charge on any atom is -0.481 e. The average molecular weight is 394 g/mol. The zero-order valence-corrected chi connectivity index (χ0v) is 15.9. The molecular weight excluding hydrogens is 372 g/mol. The van der Waals surface area contributed by atoms with Gasteiger partial charge in [-0.1, -0.05) is 0 Å². The Morgan fingerprint density at radius 1 is 1.19 bits per heavy atom. The van der Waals surface area contributed by atoms with Gasteiger partial charge in [-0.15, -0.1) is 0 Å². The van der Waals surface area contributed by atoms with Crippen LogP contribution in [-0.4, -0.2) is 42.9 Å². The second-order valence-electron chi connectivity index (χ2n) is 6.16. The van der Waals surface area contributed by atoms with Gasteiger partial charge in [0.15, 0.2) is 0 Å². The Labute approximate surface area is 157 Å². The largest absolute Gasteiger partial charge is 0.481 e. The van der Waals surface area contributed by atoms with Crippen molar-refractivity contribution in [2.45, 2.75) is 37.8 Å². The highest BCUT2D eigenvalue weighted by atomic mass is 32.2. The number of hydrogen-bond acceptors (Lipinski definition) is 5. The molecule has 0 aliphatic rings. The Bertz CT molecular complexity index is 873. The van der Waals surface area contributed by atoms with E-state index >= 15 is 0 Å². The molecule has 1 heterocycles. The Kier molecular flexibility index (Phi) is 6.75. The van der Waals surface area contributed by atoms with E-state index < -0.39 is 16.0 Å². The third-order valence-corrected chi connectivity index (χ3v) is 5.30. The maximum absolute atomic E-state index is 12.6. The molecule has 0 aliphatic carbocycles. The summed E-state index contributed by atoms with van der Waals surface area (Å²) in [6, 6.07) is 8.65. The first-order valence-electron chi connectivity index (χ1n) is 8.35. The van der Waals surface area contributed by atoms with Crippen LogP contribution in [0, 0.1) is 0 Å². The maximum atomic E-state index is 12.6. The first kappa shape index (κ1) is 20.7. The minimum atomic E-state index is -3.75. The van der Waals surface area contributed by atoms with Crippen molar-refractivity contribution < 1.29 is 27.5 Å². The van der Waals surface area contributed by atoms with Crippen molar-refractivity contribution in [3.8, 4) is 0 Å². The third-order valence-electron chi connectivity index (χ3n) is 3.88. The molecule has 2 N–H and O–H groups in total. The van der Waals surface area contributed by atoms with Gasteiger partial charge >= 0.3 is 5.97 Å². The van der Waals surface area contributed by atoms with Gasteiger partial charge in [0.1, 0.15) is 5.76 Å². The number of nitrogens with one attached hydrogen (secondary N) is 1. The topological polar surface area (TPSA) is 117 Å². The Balaban J connectivity index is 2.10. The minimum absolute atomic E-state index is 0.0202. The lowest BCUT2D eigenvalue weighted by Gasteiger charge is -2.26. The summed E-state index contributed by atoms with van der Waals surface area (Å²) >= 11 is 0. The van der Waals surface area contributed by atoms with Crippen LogP contribution in [0.15, 0.2) is 52.0 Å². The highest BCUT2D eigenvalue weighted by molar-refractivity contribution is 7.89. The number of carbonyl (C=O) groups is 2. The van der Waals surface area contributed by atoms with Gasteiger partial charge in [0, 0.05) is 18.2 Å². The van der Waals surface area contributed by atoms with Crippen molar-refractivity contribution in [3.63, 3.8) is 0 Å². The smallest absolute Gasteiger partial charge is 0.305 e. The molecule has 0 unspecified atom stereocenters. The number of furan rings is 1. The molecule has 146 valence electrons. The first-order chi connectivity index (χ1) is 12.7. The van der Waals surface area contributed by atoms with E-state index in [4.69, 9.17) is 9.52 Å². The van der Waals surface area contributed by atoms with Crippen molar-refractivity contribution >= 4 is 21.9 Å². The van der Waals surface area contributed by atoms with Crippen molar-refractivity contribution in [1.82, 2.24) is 9.62 Å². The quantitative estimate of drug-likeness (QED) is 0.672. The normalized spacial score (nSPS) is 11.5. The first-order valence-corrected chi connectivity index (χ1v) is 9.84. The molecule has 27 heavy (non-hydrogen) atoms. The molecule has 0 aliphatic heterocycles. The van der Waals surface area contributed by atoms with Gasteiger partial charge < -0.3 is 14.4 Å². The van der Waals surface area contributed by atoms with E-state index in [2.05, 4.69) is 4.72 Å². The summed E-state index contributed by atoms with van der Waals surface area (Å²) in [5.41, 5.74) is 0.291. The number of hydrogen-bond donors (Lipinski definition) is 2. The summed E-state index contributed by atoms with van der Waals surface area (Å²) in [5, 5.41) is 8.82.